The van der Waals surface area contributed by atoms with Crippen LogP contribution in [-0.4, -0.2) is 21.3 Å². The second-order valence-corrected chi connectivity index (χ2v) is 5.01. The fourth-order valence-corrected chi connectivity index (χ4v) is 2.18. The van der Waals surface area contributed by atoms with Crippen molar-refractivity contribution in [3.05, 3.63) is 65.4 Å². The van der Waals surface area contributed by atoms with Gasteiger partial charge in [0.15, 0.2) is 5.69 Å². The summed E-state index contributed by atoms with van der Waals surface area (Å²) in [5.74, 6) is -0.0297. The Balaban J connectivity index is 1.77. The molecule has 0 bridgehead atoms. The molecule has 7 heteroatoms. The number of ether oxygens (including phenoxy) is 1. The minimum atomic E-state index is -0.650. The van der Waals surface area contributed by atoms with E-state index in [9.17, 15) is 4.79 Å². The molecule has 0 fully saturated rings. The quantitative estimate of drug-likeness (QED) is 0.746. The summed E-state index contributed by atoms with van der Waals surface area (Å²) in [5.41, 5.74) is 7.96. The number of amides is 1. The second kappa shape index (κ2) is 6.62. The summed E-state index contributed by atoms with van der Waals surface area (Å²) >= 11 is 0. The van der Waals surface area contributed by atoms with Gasteiger partial charge in [-0.1, -0.05) is 24.3 Å². The monoisotopic (exact) mass is 319 g/mol. The molecule has 1 aromatic heterocycles. The first kappa shape index (κ1) is 15.2. The number of primary amides is 1. The van der Waals surface area contributed by atoms with Crippen LogP contribution in [0.2, 0.25) is 0 Å². The molecule has 0 unspecified atom stereocenters. The molecule has 24 heavy (non-hydrogen) atoms. The van der Waals surface area contributed by atoms with E-state index in [1.54, 1.807) is 36.4 Å². The van der Waals surface area contributed by atoms with Crippen LogP contribution in [0.1, 0.15) is 21.6 Å². The smallest absolute Gasteiger partial charge is 0.271 e. The van der Waals surface area contributed by atoms with Gasteiger partial charge in [-0.2, -0.15) is 20.7 Å². The number of nitriles is 1. The van der Waals surface area contributed by atoms with Crippen LogP contribution < -0.4 is 10.5 Å². The van der Waals surface area contributed by atoms with E-state index in [-0.39, 0.29) is 5.69 Å². The number of hydrogen-bond donors (Lipinski definition) is 2. The predicted molar refractivity (Wildman–Crippen MR) is 85.8 cm³/mol. The Hall–Kier alpha value is -3.66. The van der Waals surface area contributed by atoms with E-state index < -0.39 is 5.91 Å². The van der Waals surface area contributed by atoms with E-state index in [0.717, 1.165) is 5.56 Å². The molecule has 0 aliphatic heterocycles. The van der Waals surface area contributed by atoms with Gasteiger partial charge in [0, 0.05) is 5.56 Å². The summed E-state index contributed by atoms with van der Waals surface area (Å²) in [6.07, 6.45) is 0. The fraction of sp³-hybridized carbons (Fsp3) is 0.0588. The molecule has 2 aromatic carbocycles. The third-order valence-electron chi connectivity index (χ3n) is 3.38. The Morgan fingerprint density at radius 3 is 2.71 bits per heavy atom. The lowest BCUT2D eigenvalue weighted by Gasteiger charge is -2.08. The van der Waals surface area contributed by atoms with Gasteiger partial charge in [-0.05, 0) is 29.8 Å². The van der Waals surface area contributed by atoms with Crippen molar-refractivity contribution in [3.8, 4) is 23.1 Å². The van der Waals surface area contributed by atoms with Gasteiger partial charge in [0.2, 0.25) is 0 Å². The second-order valence-electron chi connectivity index (χ2n) is 5.01. The highest BCUT2D eigenvalue weighted by Crippen LogP contribution is 2.24. The van der Waals surface area contributed by atoms with Crippen LogP contribution in [0.25, 0.3) is 11.3 Å². The highest BCUT2D eigenvalue weighted by Gasteiger charge is 2.15. The van der Waals surface area contributed by atoms with Crippen molar-refractivity contribution >= 4 is 5.91 Å². The van der Waals surface area contributed by atoms with Gasteiger partial charge in [0.05, 0.1) is 11.6 Å². The summed E-state index contributed by atoms with van der Waals surface area (Å²) in [6, 6.07) is 16.4. The van der Waals surface area contributed by atoms with E-state index in [4.69, 9.17) is 15.7 Å². The number of hydrogen-bond acceptors (Lipinski definition) is 5. The van der Waals surface area contributed by atoms with E-state index >= 15 is 0 Å². The van der Waals surface area contributed by atoms with Gasteiger partial charge in [0.25, 0.3) is 5.91 Å². The van der Waals surface area contributed by atoms with E-state index in [2.05, 4.69) is 21.5 Å². The summed E-state index contributed by atoms with van der Waals surface area (Å²) < 4.78 is 5.75. The van der Waals surface area contributed by atoms with E-state index in [1.165, 1.54) is 0 Å². The van der Waals surface area contributed by atoms with E-state index in [0.29, 0.717) is 29.2 Å². The molecule has 3 rings (SSSR count). The standard InChI is InChI=1S/C17H13N5O2/c18-9-11-4-6-12(7-5-11)10-24-14-3-1-2-13(8-14)15-16(17(19)23)21-22-20-15/h1-8H,10H2,(H2,19,23)(H,20,21,22). The molecule has 1 amide bonds. The summed E-state index contributed by atoms with van der Waals surface area (Å²) in [6.45, 7) is 0.358. The van der Waals surface area contributed by atoms with Crippen molar-refractivity contribution in [1.29, 1.82) is 5.26 Å². The lowest BCUT2D eigenvalue weighted by molar-refractivity contribution is 0.0996. The van der Waals surface area contributed by atoms with Crippen LogP contribution in [0, 0.1) is 11.3 Å². The average Bonchev–Trinajstić information content (AvgIpc) is 3.11. The number of H-pyrrole nitrogens is 1. The lowest BCUT2D eigenvalue weighted by Crippen LogP contribution is -2.12. The zero-order valence-electron chi connectivity index (χ0n) is 12.6. The van der Waals surface area contributed by atoms with Gasteiger partial charge >= 0.3 is 0 Å². The third kappa shape index (κ3) is 3.23. The molecular formula is C17H13N5O2. The molecule has 0 saturated heterocycles. The Morgan fingerprint density at radius 1 is 1.21 bits per heavy atom. The normalized spacial score (nSPS) is 10.1. The largest absolute Gasteiger partial charge is 0.489 e. The molecule has 0 aliphatic carbocycles. The third-order valence-corrected chi connectivity index (χ3v) is 3.38. The molecule has 0 atom stereocenters. The Labute approximate surface area is 137 Å². The topological polar surface area (TPSA) is 118 Å². The van der Waals surface area contributed by atoms with Crippen LogP contribution in [0.3, 0.4) is 0 Å². The first-order valence-corrected chi connectivity index (χ1v) is 7.10. The molecule has 0 saturated carbocycles. The number of aromatic amines is 1. The van der Waals surface area contributed by atoms with Gasteiger partial charge in [-0.15, -0.1) is 0 Å². The summed E-state index contributed by atoms with van der Waals surface area (Å²) in [5, 5.41) is 18.9. The number of aromatic nitrogens is 3. The van der Waals surface area contributed by atoms with Gasteiger partial charge < -0.3 is 10.5 Å². The molecule has 0 aliphatic rings. The SMILES string of the molecule is N#Cc1ccc(COc2cccc(-c3n[nH]nc3C(N)=O)c2)cc1. The van der Waals surface area contributed by atoms with Crippen LogP contribution in [-0.2, 0) is 6.61 Å². The molecule has 7 nitrogen and oxygen atoms in total. The van der Waals surface area contributed by atoms with Crippen molar-refractivity contribution in [2.75, 3.05) is 0 Å². The molecule has 0 radical (unpaired) electrons. The number of nitrogens with two attached hydrogens (primary N) is 1. The maximum absolute atomic E-state index is 11.3. The molecule has 3 aromatic rings. The Morgan fingerprint density at radius 2 is 2.00 bits per heavy atom. The van der Waals surface area contributed by atoms with Gasteiger partial charge in [0.1, 0.15) is 18.1 Å². The molecule has 3 N–H and O–H groups in total. The van der Waals surface area contributed by atoms with Gasteiger partial charge in [-0.3, -0.25) is 4.79 Å². The number of nitrogens with zero attached hydrogens (tertiary/aromatic N) is 3. The molecule has 118 valence electrons. The number of benzene rings is 2. The van der Waals surface area contributed by atoms with Crippen molar-refractivity contribution in [1.82, 2.24) is 15.4 Å². The van der Waals surface area contributed by atoms with Crippen LogP contribution >= 0.6 is 0 Å². The number of nitrogens with one attached hydrogen (secondary N) is 1. The molecular weight excluding hydrogens is 306 g/mol. The summed E-state index contributed by atoms with van der Waals surface area (Å²) in [4.78, 5) is 11.3. The molecule has 0 spiro atoms. The maximum Gasteiger partial charge on any atom is 0.271 e. The highest BCUT2D eigenvalue weighted by atomic mass is 16.5. The highest BCUT2D eigenvalue weighted by molar-refractivity contribution is 5.96. The Kier molecular flexibility index (Phi) is 4.21. The number of carbonyl (C=O) groups excluding carboxylic acids is 1. The number of carbonyl (C=O) groups is 1. The summed E-state index contributed by atoms with van der Waals surface area (Å²) in [7, 11) is 0. The fourth-order valence-electron chi connectivity index (χ4n) is 2.18. The van der Waals surface area contributed by atoms with Gasteiger partial charge in [-0.25, -0.2) is 0 Å². The minimum absolute atomic E-state index is 0.0826. The average molecular weight is 319 g/mol. The van der Waals surface area contributed by atoms with Crippen molar-refractivity contribution < 1.29 is 9.53 Å². The minimum Gasteiger partial charge on any atom is -0.489 e. The van der Waals surface area contributed by atoms with Crippen molar-refractivity contribution in [2.45, 2.75) is 6.61 Å². The molecule has 1 heterocycles. The predicted octanol–water partition coefficient (Wildman–Crippen LogP) is 2.02. The van der Waals surface area contributed by atoms with Crippen LogP contribution in [0.15, 0.2) is 48.5 Å². The zero-order chi connectivity index (χ0) is 16.9. The maximum atomic E-state index is 11.3. The van der Waals surface area contributed by atoms with Crippen LogP contribution in [0.5, 0.6) is 5.75 Å². The zero-order valence-corrected chi connectivity index (χ0v) is 12.6. The number of rotatable bonds is 5. The lowest BCUT2D eigenvalue weighted by atomic mass is 10.1. The van der Waals surface area contributed by atoms with E-state index in [1.807, 2.05) is 12.1 Å². The first-order valence-electron chi connectivity index (χ1n) is 7.10. The van der Waals surface area contributed by atoms with Crippen molar-refractivity contribution in [2.24, 2.45) is 5.73 Å². The first-order chi connectivity index (χ1) is 11.7. The van der Waals surface area contributed by atoms with Crippen molar-refractivity contribution in [3.63, 3.8) is 0 Å². The Bertz CT molecular complexity index is 909. The van der Waals surface area contributed by atoms with Crippen LogP contribution in [0.4, 0.5) is 0 Å².